The molecule has 3 heterocycles. The molecule has 0 radical (unpaired) electrons. The quantitative estimate of drug-likeness (QED) is 0.292. The number of pyridine rings is 1. The van der Waals surface area contributed by atoms with Crippen molar-refractivity contribution in [3.63, 3.8) is 0 Å². The number of amides is 1. The molecular formula is C29H25FN6O2. The van der Waals surface area contributed by atoms with E-state index in [2.05, 4.69) is 44.0 Å². The Bertz CT molecular complexity index is 1710. The number of imidazole rings is 1. The van der Waals surface area contributed by atoms with Crippen molar-refractivity contribution in [2.75, 3.05) is 10.6 Å². The summed E-state index contributed by atoms with van der Waals surface area (Å²) in [6.07, 6.45) is 6.41. The second-order valence-electron chi connectivity index (χ2n) is 10.0. The third-order valence-electron chi connectivity index (χ3n) is 7.35. The number of aromatic nitrogens is 4. The first kappa shape index (κ1) is 22.7. The molecule has 0 saturated heterocycles. The Morgan fingerprint density at radius 3 is 2.79 bits per heavy atom. The number of rotatable bonds is 6. The fourth-order valence-electron chi connectivity index (χ4n) is 5.05. The van der Waals surface area contributed by atoms with E-state index in [-0.39, 0.29) is 11.8 Å². The summed E-state index contributed by atoms with van der Waals surface area (Å²) in [4.78, 5) is 22.0. The summed E-state index contributed by atoms with van der Waals surface area (Å²) in [6.45, 7) is 1.91. The van der Waals surface area contributed by atoms with E-state index in [4.69, 9.17) is 4.52 Å². The van der Waals surface area contributed by atoms with E-state index in [1.165, 1.54) is 17.5 Å². The van der Waals surface area contributed by atoms with Gasteiger partial charge in [0.15, 0.2) is 0 Å². The molecule has 2 N–H and O–H groups in total. The van der Waals surface area contributed by atoms with E-state index in [9.17, 15) is 9.18 Å². The van der Waals surface area contributed by atoms with Crippen molar-refractivity contribution in [3.8, 4) is 11.4 Å². The number of hydrogen-bond donors (Lipinski definition) is 2. The van der Waals surface area contributed by atoms with E-state index in [0.717, 1.165) is 29.8 Å². The van der Waals surface area contributed by atoms with E-state index in [1.807, 2.05) is 37.4 Å². The number of nitrogens with zero attached hydrogens (tertiary/aromatic N) is 4. The summed E-state index contributed by atoms with van der Waals surface area (Å²) >= 11 is 0. The van der Waals surface area contributed by atoms with Gasteiger partial charge in [0, 0.05) is 34.9 Å². The molecule has 0 bridgehead atoms. The highest BCUT2D eigenvalue weighted by Crippen LogP contribution is 2.43. The van der Waals surface area contributed by atoms with Crippen molar-refractivity contribution in [2.24, 2.45) is 0 Å². The molecule has 1 fully saturated rings. The van der Waals surface area contributed by atoms with Gasteiger partial charge >= 0.3 is 0 Å². The molecule has 190 valence electrons. The zero-order valence-corrected chi connectivity index (χ0v) is 20.7. The number of anilines is 3. The third kappa shape index (κ3) is 4.09. The Labute approximate surface area is 217 Å². The Morgan fingerprint density at radius 2 is 1.92 bits per heavy atom. The molecule has 9 heteroatoms. The lowest BCUT2D eigenvalue weighted by atomic mass is 10.1. The van der Waals surface area contributed by atoms with Crippen molar-refractivity contribution < 1.29 is 13.7 Å². The number of aryl methyl sites for hydroxylation is 3. The third-order valence-corrected chi connectivity index (χ3v) is 7.35. The lowest BCUT2D eigenvalue weighted by Crippen LogP contribution is -2.15. The van der Waals surface area contributed by atoms with E-state index < -0.39 is 6.17 Å². The summed E-state index contributed by atoms with van der Waals surface area (Å²) in [7, 11) is 0. The maximum absolute atomic E-state index is 13.4. The van der Waals surface area contributed by atoms with Gasteiger partial charge in [-0.25, -0.2) is 9.37 Å². The first-order valence-electron chi connectivity index (χ1n) is 12.8. The molecule has 2 aromatic carbocycles. The maximum atomic E-state index is 13.4. The highest BCUT2D eigenvalue weighted by atomic mass is 19.1. The number of nitrogens with one attached hydrogen (secondary N) is 2. The first-order valence-corrected chi connectivity index (χ1v) is 12.8. The zero-order chi connectivity index (χ0) is 25.8. The van der Waals surface area contributed by atoms with Crippen LogP contribution in [0.15, 0.2) is 65.4 Å². The molecule has 0 aliphatic heterocycles. The Balaban J connectivity index is 1.10. The lowest BCUT2D eigenvalue weighted by Gasteiger charge is -2.11. The van der Waals surface area contributed by atoms with Crippen LogP contribution in [0.4, 0.5) is 21.5 Å². The van der Waals surface area contributed by atoms with Gasteiger partial charge in [-0.3, -0.25) is 9.20 Å². The van der Waals surface area contributed by atoms with Crippen LogP contribution in [0, 0.1) is 6.92 Å². The molecule has 8 nitrogen and oxygen atoms in total. The summed E-state index contributed by atoms with van der Waals surface area (Å²) in [5.74, 6) is 0.0893. The van der Waals surface area contributed by atoms with Gasteiger partial charge in [0.2, 0.25) is 11.7 Å². The Morgan fingerprint density at radius 1 is 1.08 bits per heavy atom. The largest absolute Gasteiger partial charge is 0.355 e. The summed E-state index contributed by atoms with van der Waals surface area (Å²) in [6, 6.07) is 15.9. The molecule has 5 aromatic rings. The lowest BCUT2D eigenvalue weighted by molar-refractivity contribution is 0.102. The summed E-state index contributed by atoms with van der Waals surface area (Å²) in [5.41, 5.74) is 8.06. The fraction of sp³-hybridized carbons (Fsp3) is 0.241. The average Bonchev–Trinajstić information content (AvgIpc) is 3.34. The first-order chi connectivity index (χ1) is 18.5. The SMILES string of the molecule is Cc1ccc(-c2noc(C3C[C@@H]3F)n2)cc1NC(=O)c1cnc2cc(Nc3ccc4c(c3)CCC4)ccn12. The molecule has 38 heavy (non-hydrogen) atoms. The molecule has 0 spiro atoms. The number of carbonyl (C=O) groups is 1. The van der Waals surface area contributed by atoms with Crippen molar-refractivity contribution in [1.82, 2.24) is 19.5 Å². The Hall–Kier alpha value is -4.53. The minimum absolute atomic E-state index is 0.288. The zero-order valence-electron chi connectivity index (χ0n) is 20.7. The predicted molar refractivity (Wildman–Crippen MR) is 142 cm³/mol. The number of halogens is 1. The van der Waals surface area contributed by atoms with Crippen LogP contribution in [0.3, 0.4) is 0 Å². The molecule has 7 rings (SSSR count). The average molecular weight is 509 g/mol. The van der Waals surface area contributed by atoms with Gasteiger partial charge in [0.05, 0.1) is 12.1 Å². The molecule has 1 unspecified atom stereocenters. The summed E-state index contributed by atoms with van der Waals surface area (Å²) < 4.78 is 20.4. The number of alkyl halides is 1. The maximum Gasteiger partial charge on any atom is 0.274 e. The molecule has 2 atom stereocenters. The minimum Gasteiger partial charge on any atom is -0.355 e. The van der Waals surface area contributed by atoms with Crippen molar-refractivity contribution >= 4 is 28.6 Å². The molecular weight excluding hydrogens is 483 g/mol. The Kier molecular flexibility index (Phi) is 5.24. The van der Waals surface area contributed by atoms with E-state index in [1.54, 1.807) is 16.7 Å². The van der Waals surface area contributed by atoms with Crippen LogP contribution >= 0.6 is 0 Å². The van der Waals surface area contributed by atoms with Gasteiger partial charge in [0.25, 0.3) is 5.91 Å². The van der Waals surface area contributed by atoms with Crippen LogP contribution in [0.2, 0.25) is 0 Å². The molecule has 3 aromatic heterocycles. The summed E-state index contributed by atoms with van der Waals surface area (Å²) in [5, 5.41) is 10.4. The minimum atomic E-state index is -0.910. The van der Waals surface area contributed by atoms with Gasteiger partial charge < -0.3 is 15.2 Å². The number of fused-ring (bicyclic) bond motifs is 2. The fourth-order valence-corrected chi connectivity index (χ4v) is 5.05. The monoisotopic (exact) mass is 508 g/mol. The van der Waals surface area contributed by atoms with Gasteiger partial charge in [0.1, 0.15) is 17.5 Å². The second-order valence-corrected chi connectivity index (χ2v) is 10.0. The van der Waals surface area contributed by atoms with Gasteiger partial charge in [-0.15, -0.1) is 0 Å². The van der Waals surface area contributed by atoms with Gasteiger partial charge in [-0.1, -0.05) is 23.4 Å². The van der Waals surface area contributed by atoms with E-state index >= 15 is 0 Å². The predicted octanol–water partition coefficient (Wildman–Crippen LogP) is 6.00. The second kappa shape index (κ2) is 8.79. The molecule has 1 amide bonds. The molecule has 1 saturated carbocycles. The molecule has 2 aliphatic carbocycles. The number of hydrogen-bond acceptors (Lipinski definition) is 6. The number of benzene rings is 2. The van der Waals surface area contributed by atoms with Crippen LogP contribution in [0.25, 0.3) is 17.0 Å². The van der Waals surface area contributed by atoms with Crippen LogP contribution in [-0.4, -0.2) is 31.6 Å². The molecule has 2 aliphatic rings. The smallest absolute Gasteiger partial charge is 0.274 e. The van der Waals surface area contributed by atoms with Crippen molar-refractivity contribution in [2.45, 2.75) is 44.7 Å². The topological polar surface area (TPSA) is 97.4 Å². The van der Waals surface area contributed by atoms with Crippen LogP contribution in [0.5, 0.6) is 0 Å². The normalized spacial score (nSPS) is 17.9. The highest BCUT2D eigenvalue weighted by Gasteiger charge is 2.43. The van der Waals surface area contributed by atoms with Crippen LogP contribution in [-0.2, 0) is 12.8 Å². The van der Waals surface area contributed by atoms with Crippen molar-refractivity contribution in [1.29, 1.82) is 0 Å². The van der Waals surface area contributed by atoms with Crippen LogP contribution < -0.4 is 10.6 Å². The van der Waals surface area contributed by atoms with Crippen LogP contribution in [0.1, 0.15) is 51.8 Å². The van der Waals surface area contributed by atoms with Crippen molar-refractivity contribution in [3.05, 3.63) is 89.2 Å². The standard InChI is InChI=1S/C29H25FN6O2/c1-16-5-6-19(27-34-29(38-35-27)22-14-23(22)30)12-24(16)33-28(37)25-15-31-26-13-21(9-10-36(25)26)32-20-8-7-17-3-2-4-18(17)11-20/h5-13,15,22-23,32H,2-4,14H2,1H3,(H,33,37)/t22?,23-/m0/s1. The van der Waals surface area contributed by atoms with E-state index in [0.29, 0.717) is 40.7 Å². The van der Waals surface area contributed by atoms with Gasteiger partial charge in [-0.2, -0.15) is 4.98 Å². The number of carbonyl (C=O) groups excluding carboxylic acids is 1. The van der Waals surface area contributed by atoms with Gasteiger partial charge in [-0.05, 0) is 73.6 Å². The highest BCUT2D eigenvalue weighted by molar-refractivity contribution is 6.04.